The molecular weight excluding hydrogens is 339 g/mol. The zero-order chi connectivity index (χ0) is 16.8. The number of anilines is 2. The van der Waals surface area contributed by atoms with Gasteiger partial charge in [0, 0.05) is 16.8 Å². The fraction of sp³-hybridized carbons (Fsp3) is 0.188. The van der Waals surface area contributed by atoms with Gasteiger partial charge in [-0.3, -0.25) is 4.79 Å². The summed E-state index contributed by atoms with van der Waals surface area (Å²) in [5, 5.41) is 6.73. The normalized spacial score (nSPS) is 10.1. The number of benzene rings is 2. The predicted molar refractivity (Wildman–Crippen MR) is 93.1 cm³/mol. The molecule has 2 N–H and O–H groups in total. The number of rotatable bonds is 6. The van der Waals surface area contributed by atoms with Gasteiger partial charge in [0.2, 0.25) is 5.91 Å². The third kappa shape index (κ3) is 4.68. The number of hydrogen-bond acceptors (Lipinski definition) is 4. The number of halogens is 2. The summed E-state index contributed by atoms with van der Waals surface area (Å²) in [7, 11) is 3.08. The van der Waals surface area contributed by atoms with E-state index in [-0.39, 0.29) is 12.5 Å². The maximum absolute atomic E-state index is 12.0. The van der Waals surface area contributed by atoms with Crippen molar-refractivity contribution in [2.24, 2.45) is 0 Å². The van der Waals surface area contributed by atoms with Crippen molar-refractivity contribution in [1.29, 1.82) is 0 Å². The number of methoxy groups -OCH3 is 2. The summed E-state index contributed by atoms with van der Waals surface area (Å²) in [4.78, 5) is 12.0. The van der Waals surface area contributed by atoms with Gasteiger partial charge in [0.15, 0.2) is 11.5 Å². The van der Waals surface area contributed by atoms with Crippen LogP contribution in [0.15, 0.2) is 36.4 Å². The van der Waals surface area contributed by atoms with Gasteiger partial charge in [-0.2, -0.15) is 0 Å². The Morgan fingerprint density at radius 2 is 1.78 bits per heavy atom. The molecule has 2 aromatic rings. The minimum absolute atomic E-state index is 0.0500. The van der Waals surface area contributed by atoms with Crippen LogP contribution in [0, 0.1) is 0 Å². The van der Waals surface area contributed by atoms with Gasteiger partial charge >= 0.3 is 0 Å². The molecule has 0 aliphatic carbocycles. The van der Waals surface area contributed by atoms with Crippen molar-refractivity contribution in [3.63, 3.8) is 0 Å². The van der Waals surface area contributed by atoms with E-state index in [0.717, 1.165) is 0 Å². The number of nitrogens with one attached hydrogen (secondary N) is 2. The van der Waals surface area contributed by atoms with E-state index in [9.17, 15) is 4.79 Å². The number of carbonyl (C=O) groups excluding carboxylic acids is 1. The molecule has 2 aromatic carbocycles. The highest BCUT2D eigenvalue weighted by molar-refractivity contribution is 6.35. The lowest BCUT2D eigenvalue weighted by Crippen LogP contribution is -2.21. The van der Waals surface area contributed by atoms with Crippen molar-refractivity contribution in [2.75, 3.05) is 31.4 Å². The highest BCUT2D eigenvalue weighted by Crippen LogP contribution is 2.29. The van der Waals surface area contributed by atoms with Gasteiger partial charge in [-0.15, -0.1) is 0 Å². The molecule has 0 unspecified atom stereocenters. The largest absolute Gasteiger partial charge is 0.493 e. The monoisotopic (exact) mass is 354 g/mol. The Kier molecular flexibility index (Phi) is 5.96. The van der Waals surface area contributed by atoms with Crippen LogP contribution in [-0.2, 0) is 4.79 Å². The summed E-state index contributed by atoms with van der Waals surface area (Å²) in [5.74, 6) is 0.902. The van der Waals surface area contributed by atoms with Crippen LogP contribution < -0.4 is 20.1 Å². The number of ether oxygens (including phenoxy) is 2. The third-order valence-corrected chi connectivity index (χ3v) is 3.60. The summed E-state index contributed by atoms with van der Waals surface area (Å²) in [6.07, 6.45) is 0. The molecule has 0 aliphatic heterocycles. The van der Waals surface area contributed by atoms with Crippen LogP contribution in [0.25, 0.3) is 0 Å². The second-order valence-corrected chi connectivity index (χ2v) is 5.44. The maximum atomic E-state index is 12.0. The average molecular weight is 355 g/mol. The molecule has 0 atom stereocenters. The van der Waals surface area contributed by atoms with Crippen LogP contribution in [0.4, 0.5) is 11.4 Å². The van der Waals surface area contributed by atoms with E-state index in [1.54, 1.807) is 43.5 Å². The molecule has 0 aliphatic rings. The maximum Gasteiger partial charge on any atom is 0.243 e. The van der Waals surface area contributed by atoms with Gasteiger partial charge in [0.05, 0.1) is 31.5 Å². The number of carbonyl (C=O) groups is 1. The standard InChI is InChI=1S/C16H16Cl2N2O3/c1-22-14-6-4-11(8-15(14)23-2)20-16(21)9-19-13-7-10(17)3-5-12(13)18/h3-8,19H,9H2,1-2H3,(H,20,21). The minimum Gasteiger partial charge on any atom is -0.493 e. The Balaban J connectivity index is 1.98. The van der Waals surface area contributed by atoms with Crippen LogP contribution in [0.2, 0.25) is 10.0 Å². The van der Waals surface area contributed by atoms with E-state index in [0.29, 0.717) is 32.9 Å². The molecule has 0 fully saturated rings. The smallest absolute Gasteiger partial charge is 0.243 e. The van der Waals surface area contributed by atoms with Crippen LogP contribution >= 0.6 is 23.2 Å². The summed E-state index contributed by atoms with van der Waals surface area (Å²) < 4.78 is 10.3. The summed E-state index contributed by atoms with van der Waals surface area (Å²) in [5.41, 5.74) is 1.20. The van der Waals surface area contributed by atoms with Crippen LogP contribution in [0.1, 0.15) is 0 Å². The Hall–Kier alpha value is -2.11. The Bertz CT molecular complexity index is 708. The van der Waals surface area contributed by atoms with E-state index in [4.69, 9.17) is 32.7 Å². The Morgan fingerprint density at radius 3 is 2.48 bits per heavy atom. The van der Waals surface area contributed by atoms with Crippen molar-refractivity contribution >= 4 is 40.5 Å². The van der Waals surface area contributed by atoms with Crippen molar-refractivity contribution in [3.05, 3.63) is 46.4 Å². The van der Waals surface area contributed by atoms with Gasteiger partial charge in [-0.1, -0.05) is 23.2 Å². The first-order valence-electron chi connectivity index (χ1n) is 6.74. The quantitative estimate of drug-likeness (QED) is 0.820. The minimum atomic E-state index is -0.228. The lowest BCUT2D eigenvalue weighted by atomic mass is 10.2. The second kappa shape index (κ2) is 7.94. The summed E-state index contributed by atoms with van der Waals surface area (Å²) in [6, 6.07) is 10.1. The number of hydrogen-bond donors (Lipinski definition) is 2. The molecule has 0 bridgehead atoms. The Morgan fingerprint density at radius 1 is 1.04 bits per heavy atom. The molecule has 7 heteroatoms. The molecule has 0 radical (unpaired) electrons. The molecule has 2 rings (SSSR count). The van der Waals surface area contributed by atoms with Gasteiger partial charge in [0.1, 0.15) is 0 Å². The predicted octanol–water partition coefficient (Wildman–Crippen LogP) is 4.06. The summed E-state index contributed by atoms with van der Waals surface area (Å²) >= 11 is 11.9. The van der Waals surface area contributed by atoms with Crippen LogP contribution in [-0.4, -0.2) is 26.7 Å². The molecule has 0 spiro atoms. The summed E-state index contributed by atoms with van der Waals surface area (Å²) in [6.45, 7) is 0.0500. The SMILES string of the molecule is COc1ccc(NC(=O)CNc2cc(Cl)ccc2Cl)cc1OC. The zero-order valence-corrected chi connectivity index (χ0v) is 14.2. The molecule has 122 valence electrons. The lowest BCUT2D eigenvalue weighted by Gasteiger charge is -2.12. The zero-order valence-electron chi connectivity index (χ0n) is 12.7. The molecule has 0 aromatic heterocycles. The van der Waals surface area contributed by atoms with Crippen LogP contribution in [0.3, 0.4) is 0 Å². The fourth-order valence-corrected chi connectivity index (χ4v) is 2.28. The van der Waals surface area contributed by atoms with Gasteiger partial charge in [0.25, 0.3) is 0 Å². The third-order valence-electron chi connectivity index (χ3n) is 3.04. The first kappa shape index (κ1) is 17.2. The first-order chi connectivity index (χ1) is 11.0. The second-order valence-electron chi connectivity index (χ2n) is 4.60. The molecule has 0 heterocycles. The van der Waals surface area contributed by atoms with E-state index in [1.807, 2.05) is 0 Å². The van der Waals surface area contributed by atoms with E-state index >= 15 is 0 Å². The van der Waals surface area contributed by atoms with Gasteiger partial charge in [-0.05, 0) is 30.3 Å². The van der Waals surface area contributed by atoms with Crippen molar-refractivity contribution in [3.8, 4) is 11.5 Å². The topological polar surface area (TPSA) is 59.6 Å². The highest BCUT2D eigenvalue weighted by atomic mass is 35.5. The van der Waals surface area contributed by atoms with Crippen molar-refractivity contribution < 1.29 is 14.3 Å². The number of amides is 1. The Labute approximate surface area is 144 Å². The van der Waals surface area contributed by atoms with Crippen LogP contribution in [0.5, 0.6) is 11.5 Å². The van der Waals surface area contributed by atoms with E-state index < -0.39 is 0 Å². The highest BCUT2D eigenvalue weighted by Gasteiger charge is 2.08. The molecular formula is C16H16Cl2N2O3. The first-order valence-corrected chi connectivity index (χ1v) is 7.50. The van der Waals surface area contributed by atoms with Gasteiger partial charge < -0.3 is 20.1 Å². The van der Waals surface area contributed by atoms with Crippen molar-refractivity contribution in [2.45, 2.75) is 0 Å². The van der Waals surface area contributed by atoms with Gasteiger partial charge in [-0.25, -0.2) is 0 Å². The van der Waals surface area contributed by atoms with E-state index in [1.165, 1.54) is 7.11 Å². The molecule has 0 saturated heterocycles. The fourth-order valence-electron chi connectivity index (χ4n) is 1.93. The lowest BCUT2D eigenvalue weighted by molar-refractivity contribution is -0.114. The average Bonchev–Trinajstić information content (AvgIpc) is 2.55. The molecule has 23 heavy (non-hydrogen) atoms. The molecule has 5 nitrogen and oxygen atoms in total. The molecule has 1 amide bonds. The molecule has 0 saturated carbocycles. The van der Waals surface area contributed by atoms with E-state index in [2.05, 4.69) is 10.6 Å². The van der Waals surface area contributed by atoms with Crippen molar-refractivity contribution in [1.82, 2.24) is 0 Å².